The van der Waals surface area contributed by atoms with E-state index in [0.717, 1.165) is 17.4 Å². The van der Waals surface area contributed by atoms with Gasteiger partial charge >= 0.3 is 6.09 Å². The van der Waals surface area contributed by atoms with Gasteiger partial charge in [-0.25, -0.2) is 9.78 Å². The maximum absolute atomic E-state index is 11.7. The summed E-state index contributed by atoms with van der Waals surface area (Å²) in [7, 11) is 0. The number of fused-ring (bicyclic) bond motifs is 1. The third kappa shape index (κ3) is 4.66. The van der Waals surface area contributed by atoms with Crippen molar-refractivity contribution in [3.8, 4) is 0 Å². The van der Waals surface area contributed by atoms with Crippen molar-refractivity contribution in [3.63, 3.8) is 0 Å². The topological polar surface area (TPSA) is 86.1 Å². The first-order valence-electron chi connectivity index (χ1n) is 7.21. The van der Waals surface area contributed by atoms with Crippen LogP contribution in [0.4, 0.5) is 4.79 Å². The Hall–Kier alpha value is -2.15. The Balaban J connectivity index is 2.12. The normalized spacial score (nSPS) is 11.5. The van der Waals surface area contributed by atoms with Crippen molar-refractivity contribution >= 4 is 35.0 Å². The molecule has 0 unspecified atom stereocenters. The highest BCUT2D eigenvalue weighted by Crippen LogP contribution is 2.19. The van der Waals surface area contributed by atoms with E-state index in [1.54, 1.807) is 27.0 Å². The summed E-state index contributed by atoms with van der Waals surface area (Å²) in [4.78, 5) is 30.6. The second-order valence-electron chi connectivity index (χ2n) is 6.00. The molecule has 2 aromatic heterocycles. The third-order valence-corrected chi connectivity index (χ3v) is 3.17. The molecular weight excluding hydrogens is 320 g/mol. The van der Waals surface area contributed by atoms with Crippen molar-refractivity contribution < 1.29 is 14.3 Å². The number of aromatic nitrogens is 3. The van der Waals surface area contributed by atoms with Gasteiger partial charge < -0.3 is 19.4 Å². The number of nitrogens with zero attached hydrogens (tertiary/aromatic N) is 3. The minimum atomic E-state index is -0.548. The zero-order chi connectivity index (χ0) is 17.0. The van der Waals surface area contributed by atoms with Gasteiger partial charge in [0.2, 0.25) is 5.28 Å². The first-order chi connectivity index (χ1) is 10.8. The van der Waals surface area contributed by atoms with Crippen LogP contribution in [-0.2, 0) is 22.5 Å². The molecule has 0 atom stereocenters. The van der Waals surface area contributed by atoms with Crippen molar-refractivity contribution in [3.05, 3.63) is 23.2 Å². The smallest absolute Gasteiger partial charge is 0.407 e. The summed E-state index contributed by atoms with van der Waals surface area (Å²) in [6.45, 7) is 6.18. The minimum Gasteiger partial charge on any atom is -0.444 e. The fourth-order valence-electron chi connectivity index (χ4n) is 2.16. The lowest BCUT2D eigenvalue weighted by Crippen LogP contribution is -2.34. The quantitative estimate of drug-likeness (QED) is 0.668. The Morgan fingerprint density at radius 2 is 2.22 bits per heavy atom. The molecule has 0 aliphatic carbocycles. The predicted molar refractivity (Wildman–Crippen MR) is 86.5 cm³/mol. The summed E-state index contributed by atoms with van der Waals surface area (Å²) >= 11 is 5.84. The van der Waals surface area contributed by atoms with E-state index < -0.39 is 11.7 Å². The Kier molecular flexibility index (Phi) is 5.20. The van der Waals surface area contributed by atoms with Gasteiger partial charge in [-0.2, -0.15) is 4.98 Å². The number of halogens is 1. The molecule has 2 aromatic rings. The molecule has 124 valence electrons. The summed E-state index contributed by atoms with van der Waals surface area (Å²) in [6.07, 6.45) is 2.19. The van der Waals surface area contributed by atoms with E-state index in [2.05, 4.69) is 15.3 Å². The molecule has 0 saturated carbocycles. The summed E-state index contributed by atoms with van der Waals surface area (Å²) < 4.78 is 7.02. The van der Waals surface area contributed by atoms with Crippen molar-refractivity contribution in [2.45, 2.75) is 39.3 Å². The first-order valence-corrected chi connectivity index (χ1v) is 7.59. The van der Waals surface area contributed by atoms with E-state index in [-0.39, 0.29) is 11.7 Å². The van der Waals surface area contributed by atoms with Gasteiger partial charge in [-0.3, -0.25) is 0 Å². The predicted octanol–water partition coefficient (Wildman–Crippen LogP) is 2.35. The molecule has 0 aliphatic heterocycles. The fraction of sp³-hybridized carbons (Fsp3) is 0.467. The van der Waals surface area contributed by atoms with Crippen LogP contribution >= 0.6 is 11.6 Å². The van der Waals surface area contributed by atoms with E-state index in [0.29, 0.717) is 18.7 Å². The molecule has 0 aliphatic rings. The van der Waals surface area contributed by atoms with Crippen LogP contribution in [0.15, 0.2) is 12.3 Å². The lowest BCUT2D eigenvalue weighted by Gasteiger charge is -2.20. The van der Waals surface area contributed by atoms with E-state index in [1.165, 1.54) is 0 Å². The van der Waals surface area contributed by atoms with Gasteiger partial charge in [0, 0.05) is 36.8 Å². The monoisotopic (exact) mass is 338 g/mol. The Morgan fingerprint density at radius 3 is 2.87 bits per heavy atom. The molecule has 0 spiro atoms. The molecule has 8 heteroatoms. The van der Waals surface area contributed by atoms with E-state index in [1.807, 2.05) is 10.6 Å². The van der Waals surface area contributed by atoms with Gasteiger partial charge in [0.1, 0.15) is 17.5 Å². The lowest BCUT2D eigenvalue weighted by molar-refractivity contribution is -0.107. The Bertz CT molecular complexity index is 721. The molecule has 0 radical (unpaired) electrons. The van der Waals surface area contributed by atoms with Gasteiger partial charge in [-0.1, -0.05) is 0 Å². The van der Waals surface area contributed by atoms with E-state index in [9.17, 15) is 9.59 Å². The number of carbonyl (C=O) groups excluding carboxylic acids is 2. The first kappa shape index (κ1) is 17.2. The fourth-order valence-corrected chi connectivity index (χ4v) is 2.29. The van der Waals surface area contributed by atoms with Gasteiger partial charge in [-0.05, 0) is 38.4 Å². The van der Waals surface area contributed by atoms with E-state index in [4.69, 9.17) is 16.3 Å². The molecule has 1 N–H and O–H groups in total. The van der Waals surface area contributed by atoms with Gasteiger partial charge in [0.05, 0.1) is 0 Å². The zero-order valence-electron chi connectivity index (χ0n) is 13.3. The average Bonchev–Trinajstić information content (AvgIpc) is 2.75. The molecule has 7 nitrogen and oxygen atoms in total. The second-order valence-corrected chi connectivity index (χ2v) is 6.34. The second kappa shape index (κ2) is 6.95. The van der Waals surface area contributed by atoms with Gasteiger partial charge in [-0.15, -0.1) is 0 Å². The summed E-state index contributed by atoms with van der Waals surface area (Å²) in [6, 6.07) is 1.84. The molecule has 1 amide bonds. The Morgan fingerprint density at radius 1 is 1.48 bits per heavy atom. The molecule has 2 heterocycles. The van der Waals surface area contributed by atoms with Crippen molar-refractivity contribution in [1.82, 2.24) is 19.9 Å². The number of hydrogen-bond acceptors (Lipinski definition) is 5. The number of aldehydes is 1. The van der Waals surface area contributed by atoms with Crippen LogP contribution in [0.3, 0.4) is 0 Å². The van der Waals surface area contributed by atoms with Crippen molar-refractivity contribution in [2.75, 3.05) is 6.54 Å². The highest BCUT2D eigenvalue weighted by Gasteiger charge is 2.16. The van der Waals surface area contributed by atoms with Crippen LogP contribution in [0, 0.1) is 0 Å². The van der Waals surface area contributed by atoms with Crippen LogP contribution in [0.1, 0.15) is 26.5 Å². The standard InChI is InChI=1S/C15H19ClN4O3/c1-15(2,3)23-14(22)17-5-6-20-11(4-7-21)8-10-9-18-13(16)19-12(10)20/h7-9H,4-6H2,1-3H3,(H,17,22). The summed E-state index contributed by atoms with van der Waals surface area (Å²) in [5.74, 6) is 0. The summed E-state index contributed by atoms with van der Waals surface area (Å²) in [5, 5.41) is 3.61. The summed E-state index contributed by atoms with van der Waals surface area (Å²) in [5.41, 5.74) is 0.874. The van der Waals surface area contributed by atoms with Crippen LogP contribution in [0.2, 0.25) is 5.28 Å². The zero-order valence-corrected chi connectivity index (χ0v) is 14.1. The highest BCUT2D eigenvalue weighted by molar-refractivity contribution is 6.28. The van der Waals surface area contributed by atoms with E-state index >= 15 is 0 Å². The minimum absolute atomic E-state index is 0.134. The van der Waals surface area contributed by atoms with Gasteiger partial charge in [0.25, 0.3) is 0 Å². The van der Waals surface area contributed by atoms with Crippen LogP contribution in [0.5, 0.6) is 0 Å². The maximum Gasteiger partial charge on any atom is 0.407 e. The molecular formula is C15H19ClN4O3. The molecule has 0 saturated heterocycles. The number of nitrogens with one attached hydrogen (secondary N) is 1. The highest BCUT2D eigenvalue weighted by atomic mass is 35.5. The number of amides is 1. The number of ether oxygens (including phenoxy) is 1. The maximum atomic E-state index is 11.7. The van der Waals surface area contributed by atoms with Crippen LogP contribution < -0.4 is 5.32 Å². The number of rotatable bonds is 5. The van der Waals surface area contributed by atoms with Crippen LogP contribution in [0.25, 0.3) is 11.0 Å². The number of carbonyl (C=O) groups is 2. The molecule has 23 heavy (non-hydrogen) atoms. The molecule has 0 aromatic carbocycles. The molecule has 2 rings (SSSR count). The van der Waals surface area contributed by atoms with Crippen molar-refractivity contribution in [1.29, 1.82) is 0 Å². The number of alkyl carbamates (subject to hydrolysis) is 1. The van der Waals surface area contributed by atoms with Gasteiger partial charge in [0.15, 0.2) is 0 Å². The lowest BCUT2D eigenvalue weighted by atomic mass is 10.2. The largest absolute Gasteiger partial charge is 0.444 e. The SMILES string of the molecule is CC(C)(C)OC(=O)NCCn1c(CC=O)cc2cnc(Cl)nc21. The molecule has 0 fully saturated rings. The van der Waals surface area contributed by atoms with Crippen LogP contribution in [-0.4, -0.2) is 39.1 Å². The number of hydrogen-bond donors (Lipinski definition) is 1. The van der Waals surface area contributed by atoms with Crippen molar-refractivity contribution in [2.24, 2.45) is 0 Å². The Labute approximate surface area is 139 Å². The molecule has 0 bridgehead atoms. The third-order valence-electron chi connectivity index (χ3n) is 2.99. The average molecular weight is 339 g/mol.